The predicted octanol–water partition coefficient (Wildman–Crippen LogP) is 7.69. The highest BCUT2D eigenvalue weighted by Gasteiger charge is 2.35. The molecular formula is C35H33N5O2S. The molecule has 1 aliphatic rings. The van der Waals surface area contributed by atoms with E-state index in [1.807, 2.05) is 97.4 Å². The summed E-state index contributed by atoms with van der Waals surface area (Å²) in [4.78, 5) is 18.8. The number of nitrogens with zero attached hydrogens (tertiary/aromatic N) is 3. The molecular weight excluding hydrogens is 554 g/mol. The van der Waals surface area contributed by atoms with Crippen LogP contribution in [0.5, 0.6) is 5.75 Å². The van der Waals surface area contributed by atoms with E-state index < -0.39 is 6.04 Å². The molecule has 0 fully saturated rings. The molecule has 0 bridgehead atoms. The summed E-state index contributed by atoms with van der Waals surface area (Å²) in [6, 6.07) is 33.6. The number of hydrogen-bond acceptors (Lipinski definition) is 6. The van der Waals surface area contributed by atoms with Crippen molar-refractivity contribution in [3.63, 3.8) is 0 Å². The summed E-state index contributed by atoms with van der Waals surface area (Å²) >= 11 is 1.56. The van der Waals surface area contributed by atoms with Gasteiger partial charge in [0.15, 0.2) is 0 Å². The standard InChI is InChI=1S/C35H33N5O2S/c1-23-12-7-9-16-28(23)21-42-29-18-11-17-27(20-29)32-31(33(41)37-30-19-10-8-13-24(30)2)25(3)36-34-38-35(39-40(32)34)43-22-26-14-5-4-6-15-26/h4-20,32H,21-22H2,1-3H3,(H,37,41)(H,36,38,39). The van der Waals surface area contributed by atoms with Gasteiger partial charge in [0.05, 0.1) is 5.57 Å². The fraction of sp³-hybridized carbons (Fsp3) is 0.171. The van der Waals surface area contributed by atoms with Crippen molar-refractivity contribution in [2.45, 2.75) is 44.3 Å². The summed E-state index contributed by atoms with van der Waals surface area (Å²) in [5.41, 5.74) is 7.42. The molecule has 6 rings (SSSR count). The number of rotatable bonds is 9. The largest absolute Gasteiger partial charge is 0.489 e. The molecule has 7 nitrogen and oxygen atoms in total. The van der Waals surface area contributed by atoms with Gasteiger partial charge < -0.3 is 15.4 Å². The van der Waals surface area contributed by atoms with Crippen LogP contribution in [0.3, 0.4) is 0 Å². The lowest BCUT2D eigenvalue weighted by atomic mass is 9.94. The Hall–Kier alpha value is -4.82. The SMILES string of the molecule is CC1=C(C(=O)Nc2ccccc2C)C(c2cccc(OCc3ccccc3C)c2)n2nc(SCc3ccccc3)nc2N1. The van der Waals surface area contributed by atoms with Crippen LogP contribution < -0.4 is 15.4 Å². The second-order valence-electron chi connectivity index (χ2n) is 10.6. The monoisotopic (exact) mass is 587 g/mol. The quantitative estimate of drug-likeness (QED) is 0.172. The summed E-state index contributed by atoms with van der Waals surface area (Å²) in [6.45, 7) is 6.42. The highest BCUT2D eigenvalue weighted by Crippen LogP contribution is 2.38. The molecule has 0 aliphatic carbocycles. The van der Waals surface area contributed by atoms with Crippen molar-refractivity contribution in [3.05, 3.63) is 142 Å². The van der Waals surface area contributed by atoms with Gasteiger partial charge in [-0.1, -0.05) is 96.7 Å². The molecule has 2 N–H and O–H groups in total. The van der Waals surface area contributed by atoms with E-state index in [0.29, 0.717) is 23.3 Å². The Morgan fingerprint density at radius 1 is 0.907 bits per heavy atom. The van der Waals surface area contributed by atoms with Crippen molar-refractivity contribution in [2.75, 3.05) is 10.6 Å². The zero-order chi connectivity index (χ0) is 29.8. The average Bonchev–Trinajstić information content (AvgIpc) is 3.43. The number of allylic oxidation sites excluding steroid dienone is 1. The number of aromatic nitrogens is 3. The summed E-state index contributed by atoms with van der Waals surface area (Å²) in [7, 11) is 0. The number of ether oxygens (including phenoxy) is 1. The van der Waals surface area contributed by atoms with Gasteiger partial charge >= 0.3 is 0 Å². The Morgan fingerprint density at radius 3 is 2.44 bits per heavy atom. The molecule has 5 aromatic rings. The van der Waals surface area contributed by atoms with E-state index in [4.69, 9.17) is 14.8 Å². The van der Waals surface area contributed by atoms with E-state index in [0.717, 1.165) is 39.6 Å². The van der Waals surface area contributed by atoms with Gasteiger partial charge in [-0.2, -0.15) is 4.98 Å². The molecule has 0 saturated carbocycles. The van der Waals surface area contributed by atoms with Gasteiger partial charge in [-0.25, -0.2) is 4.68 Å². The minimum Gasteiger partial charge on any atom is -0.489 e. The predicted molar refractivity (Wildman–Crippen MR) is 172 cm³/mol. The number of para-hydroxylation sites is 1. The lowest BCUT2D eigenvalue weighted by Crippen LogP contribution is -2.31. The molecule has 1 atom stereocenters. The summed E-state index contributed by atoms with van der Waals surface area (Å²) in [6.07, 6.45) is 0. The smallest absolute Gasteiger partial charge is 0.255 e. The topological polar surface area (TPSA) is 81.1 Å². The maximum absolute atomic E-state index is 14.0. The molecule has 8 heteroatoms. The van der Waals surface area contributed by atoms with Gasteiger partial charge in [-0.05, 0) is 66.8 Å². The number of hydrogen-bond donors (Lipinski definition) is 2. The van der Waals surface area contributed by atoms with Crippen LogP contribution in [0.4, 0.5) is 11.6 Å². The van der Waals surface area contributed by atoms with Gasteiger partial charge in [-0.3, -0.25) is 4.79 Å². The first kappa shape index (κ1) is 28.3. The third-order valence-corrected chi connectivity index (χ3v) is 8.42. The van der Waals surface area contributed by atoms with E-state index in [1.165, 1.54) is 11.1 Å². The lowest BCUT2D eigenvalue weighted by molar-refractivity contribution is -0.113. The van der Waals surface area contributed by atoms with E-state index >= 15 is 0 Å². The number of nitrogens with one attached hydrogen (secondary N) is 2. The number of fused-ring (bicyclic) bond motifs is 1. The van der Waals surface area contributed by atoms with Crippen LogP contribution in [0.2, 0.25) is 0 Å². The molecule has 1 aliphatic heterocycles. The van der Waals surface area contributed by atoms with Crippen LogP contribution in [-0.2, 0) is 17.2 Å². The fourth-order valence-electron chi connectivity index (χ4n) is 5.13. The fourth-order valence-corrected chi connectivity index (χ4v) is 5.91. The number of anilines is 2. The number of amides is 1. The van der Waals surface area contributed by atoms with E-state index in [2.05, 4.69) is 41.8 Å². The summed E-state index contributed by atoms with van der Waals surface area (Å²) in [5, 5.41) is 12.0. The van der Waals surface area contributed by atoms with Crippen LogP contribution >= 0.6 is 11.8 Å². The van der Waals surface area contributed by atoms with Gasteiger partial charge in [0.2, 0.25) is 11.1 Å². The first-order valence-electron chi connectivity index (χ1n) is 14.2. The zero-order valence-electron chi connectivity index (χ0n) is 24.4. The van der Waals surface area contributed by atoms with Crippen molar-refractivity contribution in [1.82, 2.24) is 14.8 Å². The highest BCUT2D eigenvalue weighted by molar-refractivity contribution is 7.98. The Kier molecular flexibility index (Phi) is 8.29. The van der Waals surface area contributed by atoms with Crippen molar-refractivity contribution in [3.8, 4) is 5.75 Å². The number of carbonyl (C=O) groups is 1. The maximum Gasteiger partial charge on any atom is 0.255 e. The van der Waals surface area contributed by atoms with E-state index in [9.17, 15) is 4.79 Å². The van der Waals surface area contributed by atoms with E-state index in [-0.39, 0.29) is 5.91 Å². The lowest BCUT2D eigenvalue weighted by Gasteiger charge is -2.29. The van der Waals surface area contributed by atoms with Crippen molar-refractivity contribution < 1.29 is 9.53 Å². The van der Waals surface area contributed by atoms with Gasteiger partial charge in [0, 0.05) is 17.1 Å². The van der Waals surface area contributed by atoms with Crippen LogP contribution in [-0.4, -0.2) is 20.7 Å². The number of carbonyl (C=O) groups excluding carboxylic acids is 1. The molecule has 0 spiro atoms. The third kappa shape index (κ3) is 6.34. The van der Waals surface area contributed by atoms with E-state index in [1.54, 1.807) is 11.8 Å². The van der Waals surface area contributed by atoms with Crippen molar-refractivity contribution in [2.24, 2.45) is 0 Å². The normalized spacial score (nSPS) is 14.2. The third-order valence-electron chi connectivity index (χ3n) is 7.51. The Balaban J connectivity index is 1.34. The minimum atomic E-state index is -0.513. The molecule has 216 valence electrons. The maximum atomic E-state index is 14.0. The molecule has 0 saturated heterocycles. The Bertz CT molecular complexity index is 1800. The van der Waals surface area contributed by atoms with Gasteiger partial charge in [0.1, 0.15) is 18.4 Å². The van der Waals surface area contributed by atoms with Gasteiger partial charge in [-0.15, -0.1) is 5.10 Å². The number of benzene rings is 4. The van der Waals surface area contributed by atoms with Crippen molar-refractivity contribution >= 4 is 29.3 Å². The summed E-state index contributed by atoms with van der Waals surface area (Å²) in [5.74, 6) is 1.85. The Morgan fingerprint density at radius 2 is 1.65 bits per heavy atom. The Labute approximate surface area is 256 Å². The first-order chi connectivity index (χ1) is 21.0. The molecule has 1 unspecified atom stereocenters. The molecule has 1 amide bonds. The molecule has 2 heterocycles. The number of aryl methyl sites for hydroxylation is 2. The molecule has 1 aromatic heterocycles. The number of thioether (sulfide) groups is 1. The average molecular weight is 588 g/mol. The van der Waals surface area contributed by atoms with Crippen molar-refractivity contribution in [1.29, 1.82) is 0 Å². The molecule has 4 aromatic carbocycles. The molecule has 43 heavy (non-hydrogen) atoms. The minimum absolute atomic E-state index is 0.199. The second kappa shape index (κ2) is 12.6. The zero-order valence-corrected chi connectivity index (χ0v) is 25.2. The summed E-state index contributed by atoms with van der Waals surface area (Å²) < 4.78 is 8.05. The van der Waals surface area contributed by atoms with Gasteiger partial charge in [0.25, 0.3) is 5.91 Å². The van der Waals surface area contributed by atoms with Crippen LogP contribution in [0.1, 0.15) is 40.8 Å². The first-order valence-corrected chi connectivity index (χ1v) is 15.2. The van der Waals surface area contributed by atoms with Crippen LogP contribution in [0.15, 0.2) is 120 Å². The highest BCUT2D eigenvalue weighted by atomic mass is 32.2. The molecule has 0 radical (unpaired) electrons. The van der Waals surface area contributed by atoms with Crippen LogP contribution in [0.25, 0.3) is 0 Å². The second-order valence-corrected chi connectivity index (χ2v) is 11.5. The van der Waals surface area contributed by atoms with Crippen LogP contribution in [0, 0.1) is 13.8 Å².